The number of nitrogens with two attached hydrogens (primary N) is 1. The summed E-state index contributed by atoms with van der Waals surface area (Å²) in [6.07, 6.45) is 0. The first-order valence-corrected chi connectivity index (χ1v) is 36.6. The molecule has 4 N–H and O–H groups in total. The highest BCUT2D eigenvalue weighted by molar-refractivity contribution is 9.10. The summed E-state index contributed by atoms with van der Waals surface area (Å²) >= 11 is 6.60. The Morgan fingerprint density at radius 2 is 1.07 bits per heavy atom. The zero-order chi connectivity index (χ0) is 70.2. The number of hydrogen-bond donors (Lipinski definition) is 3. The Labute approximate surface area is 592 Å². The molecule has 0 amide bonds. The van der Waals surface area contributed by atoms with Crippen molar-refractivity contribution in [3.8, 4) is 50.9 Å². The highest BCUT2D eigenvalue weighted by atomic mass is 79.9. The molecule has 17 heteroatoms. The van der Waals surface area contributed by atoms with E-state index in [0.717, 1.165) is 91.8 Å². The summed E-state index contributed by atoms with van der Waals surface area (Å²) < 4.78 is 22.3. The second-order valence-electron chi connectivity index (χ2n) is 26.8. The summed E-state index contributed by atoms with van der Waals surface area (Å²) in [6.45, 7) is 28.5. The minimum Gasteiger partial charge on any atom is -0.497 e. The Morgan fingerprint density at radius 3 is 1.61 bits per heavy atom. The molecule has 4 heterocycles. The monoisotopic (exact) mass is 1420 g/mol. The quantitative estimate of drug-likeness (QED) is 0.0885. The summed E-state index contributed by atoms with van der Waals surface area (Å²) in [7, 11) is 4.63. The van der Waals surface area contributed by atoms with Gasteiger partial charge in [-0.2, -0.15) is 10.2 Å². The zero-order valence-corrected chi connectivity index (χ0v) is 62.5. The molecule has 0 aliphatic rings. The standard InChI is InChI=1S/C31H49O2P.C22H17BrN2O2.C21H14N4OS.C7H6N2S/c1-19(2)22-17-23(20(3)4)27(24(18-22)21(5)6)28-25(32-13)15-16-26(33-14)29(28)34(30(7,8)9)31(10,11)12;1-27-18-12-6-15(7-13-18)14-25-22(26)20-5-3-2-4-19(20)21(24-25)16-8-10-17(23)11-9-16;26-20-16-6-2-1-5-15(16)19(24-25-20)13-9-11-14(12-10-13)22-21-23-17-7-3-4-8-18(17)27-21;8-7-9-5-3-1-2-4-6(5)10-7/h15-21H,1-14H3;2-13H,14H2,1H3;1-12H,(H,22,23)(H,25,26);1-4H,(H2,8,9). The summed E-state index contributed by atoms with van der Waals surface area (Å²) in [4.78, 5) is 33.6. The number of benzene rings is 9. The molecule has 13 nitrogen and oxygen atoms in total. The Morgan fingerprint density at radius 1 is 0.561 bits per heavy atom. The van der Waals surface area contributed by atoms with Gasteiger partial charge in [0.15, 0.2) is 10.3 Å². The van der Waals surface area contributed by atoms with Gasteiger partial charge in [-0.25, -0.2) is 19.7 Å². The molecule has 0 atom stereocenters. The maximum Gasteiger partial charge on any atom is 0.274 e. The third-order valence-corrected chi connectivity index (χ3v) is 22.6. The van der Waals surface area contributed by atoms with Crippen LogP contribution < -0.4 is 41.7 Å². The number of anilines is 3. The SMILES string of the molecule is COc1ccc(Cn2nc(-c3ccc(Br)cc3)c3ccccc3c2=O)cc1.COc1ccc(OC)c(P(C(C)(C)C)C(C)(C)C)c1-c1c(C(C)C)cc(C(C)C)cc1C(C)C.Nc1nc2ccccc2s1.O=c1[nH]nc(-c2ccc(Nc3nc4ccccc4s3)cc2)c2ccccc12. The van der Waals surface area contributed by atoms with E-state index in [1.807, 2.05) is 171 Å². The topological polar surface area (TPSA) is 172 Å². The van der Waals surface area contributed by atoms with Gasteiger partial charge in [-0.05, 0) is 141 Å². The lowest BCUT2D eigenvalue weighted by molar-refractivity contribution is 0.407. The molecule has 0 fully saturated rings. The molecule has 0 radical (unpaired) electrons. The van der Waals surface area contributed by atoms with Crippen LogP contribution in [0.5, 0.6) is 17.2 Å². The maximum atomic E-state index is 13.0. The van der Waals surface area contributed by atoms with Crippen LogP contribution in [0.3, 0.4) is 0 Å². The van der Waals surface area contributed by atoms with Crippen LogP contribution in [0.2, 0.25) is 0 Å². The van der Waals surface area contributed by atoms with Gasteiger partial charge in [0.05, 0.1) is 70.5 Å². The second-order valence-corrected chi connectivity index (χ2v) is 33.6. The smallest absolute Gasteiger partial charge is 0.274 e. The van der Waals surface area contributed by atoms with Crippen LogP contribution in [-0.4, -0.2) is 61.6 Å². The molecule has 0 aliphatic heterocycles. The number of thiazole rings is 2. The van der Waals surface area contributed by atoms with Crippen molar-refractivity contribution < 1.29 is 14.2 Å². The van der Waals surface area contributed by atoms with Crippen molar-refractivity contribution in [2.45, 2.75) is 118 Å². The van der Waals surface area contributed by atoms with Crippen molar-refractivity contribution in [1.29, 1.82) is 0 Å². The van der Waals surface area contributed by atoms with E-state index in [2.05, 4.69) is 155 Å². The number of aromatic nitrogens is 6. The summed E-state index contributed by atoms with van der Waals surface area (Å²) in [5.41, 5.74) is 19.4. The number of ether oxygens (including phenoxy) is 3. The minimum absolute atomic E-state index is 0.0931. The normalized spacial score (nSPS) is 11.6. The van der Waals surface area contributed by atoms with Crippen molar-refractivity contribution in [2.75, 3.05) is 32.4 Å². The van der Waals surface area contributed by atoms with Gasteiger partial charge in [0.1, 0.15) is 17.2 Å². The Kier molecular flexibility index (Phi) is 22.8. The number of nitrogen functional groups attached to an aromatic ring is 1. The lowest BCUT2D eigenvalue weighted by Gasteiger charge is -2.43. The zero-order valence-electron chi connectivity index (χ0n) is 58.4. The van der Waals surface area contributed by atoms with Crippen LogP contribution in [0, 0.1) is 0 Å². The van der Waals surface area contributed by atoms with Crippen LogP contribution >= 0.6 is 46.5 Å². The van der Waals surface area contributed by atoms with E-state index in [9.17, 15) is 9.59 Å². The number of rotatable bonds is 14. The highest BCUT2D eigenvalue weighted by Crippen LogP contribution is 2.62. The van der Waals surface area contributed by atoms with E-state index < -0.39 is 7.92 Å². The first-order valence-electron chi connectivity index (χ1n) is 32.8. The molecule has 0 saturated heterocycles. The van der Waals surface area contributed by atoms with Gasteiger partial charge in [0.25, 0.3) is 11.1 Å². The number of aromatic amines is 1. The van der Waals surface area contributed by atoms with E-state index in [4.69, 9.17) is 25.0 Å². The molecule has 13 rings (SSSR count). The van der Waals surface area contributed by atoms with Crippen LogP contribution in [0.1, 0.15) is 123 Å². The Bertz CT molecular complexity index is 4920. The number of para-hydroxylation sites is 2. The van der Waals surface area contributed by atoms with E-state index in [1.54, 1.807) is 25.6 Å². The molecule has 98 heavy (non-hydrogen) atoms. The van der Waals surface area contributed by atoms with E-state index >= 15 is 0 Å². The number of nitrogens with one attached hydrogen (secondary N) is 2. The fraction of sp³-hybridized carbons (Fsp3) is 0.259. The van der Waals surface area contributed by atoms with Gasteiger partial charge < -0.3 is 25.3 Å². The summed E-state index contributed by atoms with van der Waals surface area (Å²) in [5, 5.41) is 20.9. The number of hydrogen-bond acceptors (Lipinski definition) is 13. The molecular formula is C81H86BrN8O5PS2. The van der Waals surface area contributed by atoms with E-state index in [0.29, 0.717) is 40.2 Å². The fourth-order valence-electron chi connectivity index (χ4n) is 12.3. The number of fused-ring (bicyclic) bond motifs is 4. The van der Waals surface area contributed by atoms with Gasteiger partial charge in [0.2, 0.25) is 0 Å². The largest absolute Gasteiger partial charge is 0.497 e. The third kappa shape index (κ3) is 16.6. The predicted octanol–water partition coefficient (Wildman–Crippen LogP) is 21.2. The number of H-pyrrole nitrogens is 1. The lowest BCUT2D eigenvalue weighted by atomic mass is 9.81. The summed E-state index contributed by atoms with van der Waals surface area (Å²) in [6, 6.07) is 63.8. The highest BCUT2D eigenvalue weighted by Gasteiger charge is 2.41. The lowest BCUT2D eigenvalue weighted by Crippen LogP contribution is -2.33. The van der Waals surface area contributed by atoms with E-state index in [1.165, 1.54) is 49.1 Å². The average molecular weight is 1430 g/mol. The molecule has 0 spiro atoms. The number of nitrogens with zero attached hydrogens (tertiary/aromatic N) is 5. The molecule has 504 valence electrons. The Hall–Kier alpha value is -9.05. The van der Waals surface area contributed by atoms with Crippen molar-refractivity contribution in [3.63, 3.8) is 0 Å². The van der Waals surface area contributed by atoms with Gasteiger partial charge in [0, 0.05) is 42.9 Å². The number of methoxy groups -OCH3 is 3. The molecular weight excluding hydrogens is 1340 g/mol. The van der Waals surface area contributed by atoms with Crippen LogP contribution in [0.25, 0.3) is 75.6 Å². The second kappa shape index (κ2) is 31.2. The molecule has 13 aromatic rings. The van der Waals surface area contributed by atoms with Crippen molar-refractivity contribution in [2.24, 2.45) is 0 Å². The van der Waals surface area contributed by atoms with Crippen molar-refractivity contribution in [1.82, 2.24) is 29.9 Å². The van der Waals surface area contributed by atoms with E-state index in [-0.39, 0.29) is 21.4 Å². The third-order valence-electron chi connectivity index (χ3n) is 16.7. The van der Waals surface area contributed by atoms with Crippen LogP contribution in [0.4, 0.5) is 16.0 Å². The van der Waals surface area contributed by atoms with Crippen LogP contribution in [-0.2, 0) is 6.54 Å². The van der Waals surface area contributed by atoms with Gasteiger partial charge in [-0.15, -0.1) is 0 Å². The Balaban J connectivity index is 0.000000149. The molecule has 0 bridgehead atoms. The summed E-state index contributed by atoms with van der Waals surface area (Å²) in [5.74, 6) is 3.98. The van der Waals surface area contributed by atoms with Gasteiger partial charge in [-0.3, -0.25) is 9.59 Å². The van der Waals surface area contributed by atoms with Gasteiger partial charge >= 0.3 is 0 Å². The number of halogens is 1. The van der Waals surface area contributed by atoms with Crippen LogP contribution in [0.15, 0.2) is 208 Å². The molecule has 0 saturated carbocycles. The first-order chi connectivity index (χ1) is 46.8. The maximum absolute atomic E-state index is 13.0. The molecule has 0 unspecified atom stereocenters. The fourth-order valence-corrected chi connectivity index (χ4v) is 18.4. The van der Waals surface area contributed by atoms with Crippen molar-refractivity contribution >= 4 is 110 Å². The molecule has 0 aliphatic carbocycles. The predicted molar refractivity (Wildman–Crippen MR) is 419 cm³/mol. The first kappa shape index (κ1) is 71.7. The average Bonchev–Trinajstić information content (AvgIpc) is 0.867. The molecule has 9 aromatic carbocycles. The minimum atomic E-state index is -0.619. The molecule has 4 aromatic heterocycles. The van der Waals surface area contributed by atoms with Gasteiger partial charge in [-0.1, -0.05) is 239 Å². The van der Waals surface area contributed by atoms with Crippen molar-refractivity contribution in [3.05, 3.63) is 242 Å².